The SMILES string of the molecule is c1ccc(-c2cc(N3CCN(c4nnc(-c5cccs5)s4)CC3)ncn2)cc1. The summed E-state index contributed by atoms with van der Waals surface area (Å²) in [5.74, 6) is 0.977. The summed E-state index contributed by atoms with van der Waals surface area (Å²) < 4.78 is 0. The molecule has 1 aliphatic heterocycles. The minimum Gasteiger partial charge on any atom is -0.353 e. The second-order valence-electron chi connectivity index (χ2n) is 6.47. The summed E-state index contributed by atoms with van der Waals surface area (Å²) >= 11 is 3.36. The predicted molar refractivity (Wildman–Crippen MR) is 115 cm³/mol. The highest BCUT2D eigenvalue weighted by atomic mass is 32.1. The molecule has 0 amide bonds. The van der Waals surface area contributed by atoms with Crippen LogP contribution in [0.1, 0.15) is 0 Å². The highest BCUT2D eigenvalue weighted by Gasteiger charge is 2.22. The van der Waals surface area contributed by atoms with E-state index in [4.69, 9.17) is 0 Å². The Morgan fingerprint density at radius 3 is 2.43 bits per heavy atom. The minimum absolute atomic E-state index is 0.902. The maximum atomic E-state index is 4.50. The molecule has 28 heavy (non-hydrogen) atoms. The van der Waals surface area contributed by atoms with Gasteiger partial charge in [0.1, 0.15) is 12.1 Å². The third-order valence-electron chi connectivity index (χ3n) is 4.74. The molecule has 0 atom stereocenters. The molecule has 4 heterocycles. The van der Waals surface area contributed by atoms with Crippen molar-refractivity contribution < 1.29 is 0 Å². The molecular weight excluding hydrogens is 388 g/mol. The summed E-state index contributed by atoms with van der Waals surface area (Å²) in [5, 5.41) is 12.8. The van der Waals surface area contributed by atoms with Crippen LogP contribution in [0.15, 0.2) is 60.2 Å². The van der Waals surface area contributed by atoms with Crippen LogP contribution < -0.4 is 9.80 Å². The van der Waals surface area contributed by atoms with Gasteiger partial charge in [-0.2, -0.15) is 0 Å². The number of rotatable bonds is 4. The normalized spacial score (nSPS) is 14.4. The Labute approximate surface area is 171 Å². The van der Waals surface area contributed by atoms with Gasteiger partial charge >= 0.3 is 0 Å². The fraction of sp³-hybridized carbons (Fsp3) is 0.200. The lowest BCUT2D eigenvalue weighted by Crippen LogP contribution is -2.46. The quantitative estimate of drug-likeness (QED) is 0.510. The fourth-order valence-corrected chi connectivity index (χ4v) is 4.95. The van der Waals surface area contributed by atoms with Gasteiger partial charge in [0.15, 0.2) is 5.01 Å². The molecule has 8 heteroatoms. The van der Waals surface area contributed by atoms with Crippen molar-refractivity contribution in [2.24, 2.45) is 0 Å². The number of hydrogen-bond acceptors (Lipinski definition) is 8. The van der Waals surface area contributed by atoms with Crippen LogP contribution in [0.4, 0.5) is 10.9 Å². The summed E-state index contributed by atoms with van der Waals surface area (Å²) in [6.07, 6.45) is 1.65. The molecular formula is C20H18N6S2. The number of aromatic nitrogens is 4. The standard InChI is InChI=1S/C20H18N6S2/c1-2-5-15(6-3-1)16-13-18(22-14-21-16)25-8-10-26(11-9-25)20-24-23-19(28-20)17-7-4-12-27-17/h1-7,12-14H,8-11H2. The second kappa shape index (κ2) is 7.65. The van der Waals surface area contributed by atoms with Gasteiger partial charge in [0.25, 0.3) is 0 Å². The predicted octanol–water partition coefficient (Wildman–Crippen LogP) is 4.05. The van der Waals surface area contributed by atoms with Crippen LogP contribution in [0.5, 0.6) is 0 Å². The maximum absolute atomic E-state index is 4.50. The number of nitrogens with zero attached hydrogens (tertiary/aromatic N) is 6. The Kier molecular flexibility index (Phi) is 4.72. The van der Waals surface area contributed by atoms with Crippen LogP contribution in [0.3, 0.4) is 0 Å². The molecule has 1 aliphatic rings. The van der Waals surface area contributed by atoms with E-state index in [9.17, 15) is 0 Å². The Morgan fingerprint density at radius 1 is 0.821 bits per heavy atom. The molecule has 0 spiro atoms. The maximum Gasteiger partial charge on any atom is 0.208 e. The highest BCUT2D eigenvalue weighted by molar-refractivity contribution is 7.22. The zero-order valence-corrected chi connectivity index (χ0v) is 16.7. The van der Waals surface area contributed by atoms with Crippen molar-refractivity contribution in [1.29, 1.82) is 0 Å². The van der Waals surface area contributed by atoms with E-state index < -0.39 is 0 Å². The van der Waals surface area contributed by atoms with Crippen molar-refractivity contribution in [1.82, 2.24) is 20.2 Å². The average molecular weight is 407 g/mol. The Hall–Kier alpha value is -2.84. The molecule has 0 aliphatic carbocycles. The molecule has 1 aromatic carbocycles. The van der Waals surface area contributed by atoms with Gasteiger partial charge in [-0.3, -0.25) is 0 Å². The molecule has 4 aromatic rings. The third-order valence-corrected chi connectivity index (χ3v) is 6.77. The van der Waals surface area contributed by atoms with Crippen molar-refractivity contribution in [2.75, 3.05) is 36.0 Å². The van der Waals surface area contributed by atoms with Gasteiger partial charge in [0.05, 0.1) is 10.6 Å². The molecule has 0 saturated carbocycles. The van der Waals surface area contributed by atoms with Gasteiger partial charge in [0, 0.05) is 37.8 Å². The van der Waals surface area contributed by atoms with Gasteiger partial charge in [-0.25, -0.2) is 9.97 Å². The monoisotopic (exact) mass is 406 g/mol. The van der Waals surface area contributed by atoms with Crippen molar-refractivity contribution in [3.63, 3.8) is 0 Å². The van der Waals surface area contributed by atoms with Crippen LogP contribution in [0, 0.1) is 0 Å². The van der Waals surface area contributed by atoms with E-state index in [0.29, 0.717) is 0 Å². The molecule has 1 saturated heterocycles. The lowest BCUT2D eigenvalue weighted by Gasteiger charge is -2.35. The van der Waals surface area contributed by atoms with Crippen LogP contribution in [0.25, 0.3) is 21.1 Å². The largest absolute Gasteiger partial charge is 0.353 e. The number of anilines is 2. The van der Waals surface area contributed by atoms with Crippen LogP contribution in [0.2, 0.25) is 0 Å². The third kappa shape index (κ3) is 3.48. The van der Waals surface area contributed by atoms with E-state index in [1.807, 2.05) is 24.3 Å². The Morgan fingerprint density at radius 2 is 1.64 bits per heavy atom. The number of thiophene rings is 1. The minimum atomic E-state index is 0.902. The van der Waals surface area contributed by atoms with Crippen LogP contribution >= 0.6 is 22.7 Å². The summed E-state index contributed by atoms with van der Waals surface area (Å²) in [4.78, 5) is 14.7. The molecule has 0 radical (unpaired) electrons. The van der Waals surface area contributed by atoms with Gasteiger partial charge in [-0.1, -0.05) is 47.7 Å². The van der Waals surface area contributed by atoms with E-state index in [1.54, 1.807) is 29.0 Å². The molecule has 3 aromatic heterocycles. The van der Waals surface area contributed by atoms with Gasteiger partial charge < -0.3 is 9.80 Å². The summed E-state index contributed by atoms with van der Waals surface area (Å²) in [6.45, 7) is 3.62. The zero-order chi connectivity index (χ0) is 18.8. The summed E-state index contributed by atoms with van der Waals surface area (Å²) in [7, 11) is 0. The molecule has 5 rings (SSSR count). The van der Waals surface area contributed by atoms with E-state index in [-0.39, 0.29) is 0 Å². The number of piperazine rings is 1. The van der Waals surface area contributed by atoms with Crippen LogP contribution in [-0.4, -0.2) is 46.3 Å². The average Bonchev–Trinajstić information content (AvgIpc) is 3.47. The molecule has 0 unspecified atom stereocenters. The van der Waals surface area contributed by atoms with Crippen LogP contribution in [-0.2, 0) is 0 Å². The Balaban J connectivity index is 1.28. The van der Waals surface area contributed by atoms with Crippen molar-refractivity contribution >= 4 is 33.6 Å². The van der Waals surface area contributed by atoms with Crippen molar-refractivity contribution in [2.45, 2.75) is 0 Å². The van der Waals surface area contributed by atoms with Crippen molar-refractivity contribution in [3.05, 3.63) is 60.2 Å². The first-order valence-corrected chi connectivity index (χ1v) is 10.8. The van der Waals surface area contributed by atoms with E-state index >= 15 is 0 Å². The number of benzene rings is 1. The van der Waals surface area contributed by atoms with Gasteiger partial charge in [-0.15, -0.1) is 21.5 Å². The summed E-state index contributed by atoms with van der Waals surface area (Å²) in [6, 6.07) is 16.4. The first kappa shape index (κ1) is 17.3. The molecule has 140 valence electrons. The van der Waals surface area contributed by atoms with Gasteiger partial charge in [0.2, 0.25) is 5.13 Å². The molecule has 6 nitrogen and oxygen atoms in total. The molecule has 0 bridgehead atoms. The first-order chi connectivity index (χ1) is 13.9. The highest BCUT2D eigenvalue weighted by Crippen LogP contribution is 2.32. The van der Waals surface area contributed by atoms with E-state index in [1.165, 1.54) is 4.88 Å². The van der Waals surface area contributed by atoms with E-state index in [2.05, 4.69) is 59.6 Å². The topological polar surface area (TPSA) is 58.0 Å². The lowest BCUT2D eigenvalue weighted by atomic mass is 10.1. The second-order valence-corrected chi connectivity index (χ2v) is 8.37. The summed E-state index contributed by atoms with van der Waals surface area (Å²) in [5.41, 5.74) is 2.07. The zero-order valence-electron chi connectivity index (χ0n) is 15.1. The lowest BCUT2D eigenvalue weighted by molar-refractivity contribution is 0.643. The van der Waals surface area contributed by atoms with E-state index in [0.717, 1.165) is 53.4 Å². The van der Waals surface area contributed by atoms with Gasteiger partial charge in [-0.05, 0) is 11.4 Å². The fourth-order valence-electron chi connectivity index (χ4n) is 3.26. The Bertz CT molecular complexity index is 1040. The molecule has 1 fully saturated rings. The number of hydrogen-bond donors (Lipinski definition) is 0. The smallest absolute Gasteiger partial charge is 0.208 e. The first-order valence-electron chi connectivity index (χ1n) is 9.11. The van der Waals surface area contributed by atoms with Crippen molar-refractivity contribution in [3.8, 4) is 21.1 Å². The molecule has 0 N–H and O–H groups in total.